The molecule has 0 spiro atoms. The lowest BCUT2D eigenvalue weighted by Gasteiger charge is -2.20. The van der Waals surface area contributed by atoms with E-state index < -0.39 is 23.7 Å². The molecule has 1 unspecified atom stereocenters. The van der Waals surface area contributed by atoms with E-state index in [0.717, 1.165) is 22.7 Å². The molecule has 1 saturated heterocycles. The molecule has 9 nitrogen and oxygen atoms in total. The zero-order valence-corrected chi connectivity index (χ0v) is 20.5. The zero-order valence-electron chi connectivity index (χ0n) is 19.7. The summed E-state index contributed by atoms with van der Waals surface area (Å²) < 4.78 is 16.3. The number of carbonyl (C=O) groups excluding carboxylic acids is 3. The average Bonchev–Trinajstić information content (AvgIpc) is 3.60. The van der Waals surface area contributed by atoms with E-state index >= 15 is 0 Å². The van der Waals surface area contributed by atoms with Gasteiger partial charge in [-0.3, -0.25) is 14.5 Å². The van der Waals surface area contributed by atoms with E-state index in [1.54, 1.807) is 43.3 Å². The van der Waals surface area contributed by atoms with Gasteiger partial charge < -0.3 is 19.0 Å². The number of hydrogen-bond donors (Lipinski definition) is 1. The molecule has 0 saturated carbocycles. The Morgan fingerprint density at radius 2 is 2.11 bits per heavy atom. The summed E-state index contributed by atoms with van der Waals surface area (Å²) in [7, 11) is 0. The third-order valence-corrected chi connectivity index (χ3v) is 6.48. The summed E-state index contributed by atoms with van der Waals surface area (Å²) in [6.45, 7) is 7.60. The SMILES string of the molecule is C=CCOC(=O)c1sc(N2C(=O)C(=O)C(=C(O)c3cccc(OCCC)c3)C2c2ccco2)nc1C. The number of ketones is 1. The summed E-state index contributed by atoms with van der Waals surface area (Å²) in [4.78, 5) is 44.6. The maximum Gasteiger partial charge on any atom is 0.350 e. The number of carbonyl (C=O) groups is 3. The van der Waals surface area contributed by atoms with E-state index in [1.807, 2.05) is 6.92 Å². The van der Waals surface area contributed by atoms with Crippen molar-refractivity contribution in [2.75, 3.05) is 18.1 Å². The van der Waals surface area contributed by atoms with Crippen LogP contribution in [0, 0.1) is 6.92 Å². The number of furan rings is 1. The van der Waals surface area contributed by atoms with E-state index in [4.69, 9.17) is 13.9 Å². The molecule has 2 aromatic heterocycles. The second-order valence-electron chi connectivity index (χ2n) is 7.86. The lowest BCUT2D eigenvalue weighted by Crippen LogP contribution is -2.29. The molecular weight excluding hydrogens is 484 g/mol. The Labute approximate surface area is 211 Å². The predicted octanol–water partition coefficient (Wildman–Crippen LogP) is 4.80. The van der Waals surface area contributed by atoms with Crippen LogP contribution in [0.5, 0.6) is 5.75 Å². The van der Waals surface area contributed by atoms with Gasteiger partial charge in [0.1, 0.15) is 34.8 Å². The van der Waals surface area contributed by atoms with Crippen LogP contribution in [0.15, 0.2) is 65.3 Å². The fraction of sp³-hybridized carbons (Fsp3) is 0.231. The summed E-state index contributed by atoms with van der Waals surface area (Å²) in [5.74, 6) is -2.04. The second kappa shape index (κ2) is 10.6. The van der Waals surface area contributed by atoms with Crippen molar-refractivity contribution >= 4 is 39.9 Å². The molecule has 1 fully saturated rings. The molecule has 4 rings (SSSR count). The van der Waals surface area contributed by atoms with Gasteiger partial charge in [0.05, 0.1) is 24.1 Å². The van der Waals surface area contributed by atoms with E-state index in [1.165, 1.54) is 12.3 Å². The van der Waals surface area contributed by atoms with Crippen LogP contribution >= 0.6 is 11.3 Å². The fourth-order valence-electron chi connectivity index (χ4n) is 3.73. The number of rotatable bonds is 9. The van der Waals surface area contributed by atoms with Crippen molar-refractivity contribution in [3.63, 3.8) is 0 Å². The second-order valence-corrected chi connectivity index (χ2v) is 8.84. The van der Waals surface area contributed by atoms with Crippen LogP contribution in [0.2, 0.25) is 0 Å². The number of nitrogens with zero attached hydrogens (tertiary/aromatic N) is 2. The van der Waals surface area contributed by atoms with E-state index in [2.05, 4.69) is 11.6 Å². The van der Waals surface area contributed by atoms with Gasteiger partial charge in [-0.25, -0.2) is 9.78 Å². The minimum atomic E-state index is -1.09. The quantitative estimate of drug-likeness (QED) is 0.144. The van der Waals surface area contributed by atoms with E-state index in [0.29, 0.717) is 23.6 Å². The van der Waals surface area contributed by atoms with Crippen LogP contribution in [0.25, 0.3) is 5.76 Å². The Kier molecular flexibility index (Phi) is 7.35. The lowest BCUT2D eigenvalue weighted by atomic mass is 9.99. The number of amides is 1. The molecule has 36 heavy (non-hydrogen) atoms. The maximum atomic E-state index is 13.2. The number of thiazole rings is 1. The highest BCUT2D eigenvalue weighted by molar-refractivity contribution is 7.17. The molecule has 1 atom stereocenters. The predicted molar refractivity (Wildman–Crippen MR) is 133 cm³/mol. The third-order valence-electron chi connectivity index (χ3n) is 5.35. The monoisotopic (exact) mass is 508 g/mol. The van der Waals surface area contributed by atoms with Gasteiger partial charge in [-0.1, -0.05) is 43.0 Å². The molecule has 10 heteroatoms. The van der Waals surface area contributed by atoms with Gasteiger partial charge in [0.2, 0.25) is 0 Å². The Morgan fingerprint density at radius 3 is 2.81 bits per heavy atom. The molecule has 3 heterocycles. The van der Waals surface area contributed by atoms with Crippen LogP contribution in [-0.2, 0) is 14.3 Å². The van der Waals surface area contributed by atoms with Gasteiger partial charge in [-0.05, 0) is 37.6 Å². The number of anilines is 1. The Balaban J connectivity index is 1.81. The number of aromatic nitrogens is 1. The first-order valence-corrected chi connectivity index (χ1v) is 12.0. The van der Waals surface area contributed by atoms with Gasteiger partial charge >= 0.3 is 11.9 Å². The van der Waals surface area contributed by atoms with E-state index in [9.17, 15) is 19.5 Å². The molecule has 0 radical (unpaired) electrons. The van der Waals surface area contributed by atoms with Crippen LogP contribution < -0.4 is 9.64 Å². The number of aryl methyl sites for hydroxylation is 1. The Bertz CT molecular complexity index is 1340. The Morgan fingerprint density at radius 1 is 1.31 bits per heavy atom. The largest absolute Gasteiger partial charge is 0.507 e. The van der Waals surface area contributed by atoms with Crippen molar-refractivity contribution in [2.24, 2.45) is 0 Å². The lowest BCUT2D eigenvalue weighted by molar-refractivity contribution is -0.132. The average molecular weight is 509 g/mol. The molecule has 0 aliphatic carbocycles. The third kappa shape index (κ3) is 4.67. The van der Waals surface area contributed by atoms with Gasteiger partial charge in [0, 0.05) is 5.56 Å². The van der Waals surface area contributed by atoms with Crippen LogP contribution in [0.3, 0.4) is 0 Å². The Hall–Kier alpha value is -4.18. The van der Waals surface area contributed by atoms with E-state index in [-0.39, 0.29) is 33.7 Å². The molecule has 1 N–H and O–H groups in total. The number of esters is 1. The first kappa shape index (κ1) is 24.9. The number of benzene rings is 1. The smallest absolute Gasteiger partial charge is 0.350 e. The van der Waals surface area contributed by atoms with Crippen molar-refractivity contribution < 1.29 is 33.4 Å². The highest BCUT2D eigenvalue weighted by Crippen LogP contribution is 2.44. The minimum absolute atomic E-state index is 0.0173. The topological polar surface area (TPSA) is 119 Å². The van der Waals surface area contributed by atoms with Crippen LogP contribution in [0.1, 0.15) is 46.1 Å². The van der Waals surface area contributed by atoms with Gasteiger partial charge in [-0.15, -0.1) is 0 Å². The molecule has 1 aromatic carbocycles. The van der Waals surface area contributed by atoms with Crippen LogP contribution in [-0.4, -0.2) is 41.0 Å². The number of ether oxygens (including phenoxy) is 2. The molecule has 186 valence electrons. The van der Waals surface area contributed by atoms with Crippen molar-refractivity contribution in [3.05, 3.63) is 82.8 Å². The number of hydrogen-bond acceptors (Lipinski definition) is 9. The summed E-state index contributed by atoms with van der Waals surface area (Å²) >= 11 is 0.910. The van der Waals surface area contributed by atoms with Crippen molar-refractivity contribution in [3.8, 4) is 5.75 Å². The normalized spacial score (nSPS) is 16.8. The van der Waals surface area contributed by atoms with Crippen LogP contribution in [0.4, 0.5) is 5.13 Å². The summed E-state index contributed by atoms with van der Waals surface area (Å²) in [5.41, 5.74) is 0.485. The van der Waals surface area contributed by atoms with Crippen molar-refractivity contribution in [1.29, 1.82) is 0 Å². The summed E-state index contributed by atoms with van der Waals surface area (Å²) in [6.07, 6.45) is 3.64. The standard InChI is InChI=1S/C26H24N2O7S/c1-4-11-33-17-9-6-8-16(14-17)21(29)19-20(18-10-7-13-34-18)28(24(31)22(19)30)26-27-15(3)23(36-26)25(32)35-12-5-2/h5-10,13-14,20,29H,2,4,11-12H2,1,3H3. The molecule has 1 amide bonds. The van der Waals surface area contributed by atoms with Crippen molar-refractivity contribution in [1.82, 2.24) is 4.98 Å². The number of Topliss-reactive ketones (excluding diaryl/α,β-unsaturated/α-hetero) is 1. The van der Waals surface area contributed by atoms with Gasteiger partial charge in [0.15, 0.2) is 5.13 Å². The molecule has 1 aliphatic heterocycles. The van der Waals surface area contributed by atoms with Crippen molar-refractivity contribution in [2.45, 2.75) is 26.3 Å². The highest BCUT2D eigenvalue weighted by Gasteiger charge is 2.49. The molecule has 3 aromatic rings. The summed E-state index contributed by atoms with van der Waals surface area (Å²) in [6, 6.07) is 8.74. The van der Waals surface area contributed by atoms with Gasteiger partial charge in [-0.2, -0.15) is 0 Å². The number of aliphatic hydroxyl groups is 1. The molecule has 1 aliphatic rings. The summed E-state index contributed by atoms with van der Waals surface area (Å²) in [5, 5.41) is 11.3. The first-order chi connectivity index (χ1) is 17.4. The fourth-order valence-corrected chi connectivity index (χ4v) is 4.72. The first-order valence-electron chi connectivity index (χ1n) is 11.2. The number of aliphatic hydroxyl groups excluding tert-OH is 1. The minimum Gasteiger partial charge on any atom is -0.507 e. The zero-order chi connectivity index (χ0) is 25.8. The maximum absolute atomic E-state index is 13.2. The molecule has 0 bridgehead atoms. The molecular formula is C26H24N2O7S. The van der Waals surface area contributed by atoms with Gasteiger partial charge in [0.25, 0.3) is 5.78 Å². The highest BCUT2D eigenvalue weighted by atomic mass is 32.1.